The quantitative estimate of drug-likeness (QED) is 0.618. The molecule has 2 aromatic rings. The lowest BCUT2D eigenvalue weighted by atomic mass is 10.2. The van der Waals surface area contributed by atoms with Crippen molar-refractivity contribution in [2.24, 2.45) is 0 Å². The Hall–Kier alpha value is -2.55. The molecule has 0 fully saturated rings. The topological polar surface area (TPSA) is 102 Å². The van der Waals surface area contributed by atoms with Gasteiger partial charge >= 0.3 is 5.97 Å². The lowest BCUT2D eigenvalue weighted by Gasteiger charge is -2.16. The molecule has 9 heteroatoms. The second kappa shape index (κ2) is 9.81. The lowest BCUT2D eigenvalue weighted by molar-refractivity contribution is -0.145. The molecule has 8 nitrogen and oxygen atoms in total. The minimum absolute atomic E-state index is 0.00764. The third kappa shape index (κ3) is 5.48. The van der Waals surface area contributed by atoms with Gasteiger partial charge in [0, 0.05) is 5.39 Å². The normalized spacial score (nSPS) is 11.8. The van der Waals surface area contributed by atoms with Gasteiger partial charge in [0.2, 0.25) is 11.8 Å². The number of benzene rings is 1. The molecule has 0 aliphatic carbocycles. The number of esters is 1. The van der Waals surface area contributed by atoms with Crippen LogP contribution in [-0.4, -0.2) is 59.3 Å². The van der Waals surface area contributed by atoms with Gasteiger partial charge in [0.15, 0.2) is 0 Å². The number of aromatic nitrogens is 2. The molecular weight excluding hydrogens is 356 g/mol. The van der Waals surface area contributed by atoms with E-state index in [1.807, 2.05) is 30.5 Å². The zero-order valence-electron chi connectivity index (χ0n) is 14.7. The lowest BCUT2D eigenvalue weighted by Crippen LogP contribution is -2.46. The molecule has 1 unspecified atom stereocenters. The van der Waals surface area contributed by atoms with Crippen LogP contribution in [0.25, 0.3) is 10.9 Å². The molecule has 1 heterocycles. The van der Waals surface area contributed by atoms with Crippen LogP contribution in [0.5, 0.6) is 0 Å². The summed E-state index contributed by atoms with van der Waals surface area (Å²) in [7, 11) is 1.27. The smallest absolute Gasteiger partial charge is 0.328 e. The number of nitrogens with zero attached hydrogens (tertiary/aromatic N) is 2. The average molecular weight is 378 g/mol. The minimum Gasteiger partial charge on any atom is -0.467 e. The van der Waals surface area contributed by atoms with Crippen molar-refractivity contribution in [1.29, 1.82) is 0 Å². The Morgan fingerprint density at radius 2 is 2.04 bits per heavy atom. The van der Waals surface area contributed by atoms with E-state index in [4.69, 9.17) is 0 Å². The van der Waals surface area contributed by atoms with Crippen molar-refractivity contribution in [1.82, 2.24) is 20.4 Å². The molecule has 0 radical (unpaired) electrons. The van der Waals surface area contributed by atoms with Crippen LogP contribution in [0.1, 0.15) is 6.42 Å². The van der Waals surface area contributed by atoms with Gasteiger partial charge in [0.05, 0.1) is 25.4 Å². The van der Waals surface area contributed by atoms with Gasteiger partial charge in [-0.3, -0.25) is 14.3 Å². The molecular formula is C17H22N4O4S. The third-order valence-electron chi connectivity index (χ3n) is 3.72. The first-order chi connectivity index (χ1) is 12.5. The third-order valence-corrected chi connectivity index (χ3v) is 4.37. The SMILES string of the molecule is COC(=O)C(CCSC)NC(=O)CNC(=O)Cn1ncc2ccccc21. The number of para-hydroxylation sites is 1. The summed E-state index contributed by atoms with van der Waals surface area (Å²) in [6, 6.07) is 6.83. The molecule has 26 heavy (non-hydrogen) atoms. The predicted octanol–water partition coefficient (Wildman–Crippen LogP) is 0.563. The van der Waals surface area contributed by atoms with Crippen molar-refractivity contribution < 1.29 is 19.1 Å². The second-order valence-corrected chi connectivity index (χ2v) is 6.55. The summed E-state index contributed by atoms with van der Waals surface area (Å²) in [5, 5.41) is 10.2. The summed E-state index contributed by atoms with van der Waals surface area (Å²) in [5.74, 6) is -0.576. The summed E-state index contributed by atoms with van der Waals surface area (Å²) >= 11 is 1.57. The molecule has 2 N–H and O–H groups in total. The highest BCUT2D eigenvalue weighted by atomic mass is 32.2. The first-order valence-corrected chi connectivity index (χ1v) is 9.48. The fourth-order valence-corrected chi connectivity index (χ4v) is 2.87. The molecule has 1 aromatic carbocycles. The van der Waals surface area contributed by atoms with Crippen molar-refractivity contribution in [2.75, 3.05) is 25.7 Å². The number of thioether (sulfide) groups is 1. The van der Waals surface area contributed by atoms with Gasteiger partial charge in [0.25, 0.3) is 0 Å². The van der Waals surface area contributed by atoms with Gasteiger partial charge in [-0.15, -0.1) is 0 Å². The van der Waals surface area contributed by atoms with Crippen molar-refractivity contribution in [3.05, 3.63) is 30.5 Å². The molecule has 1 aromatic heterocycles. The molecule has 0 aliphatic rings. The molecule has 0 spiro atoms. The van der Waals surface area contributed by atoms with Gasteiger partial charge in [-0.2, -0.15) is 16.9 Å². The van der Waals surface area contributed by atoms with Crippen LogP contribution in [0.15, 0.2) is 30.5 Å². The van der Waals surface area contributed by atoms with E-state index in [1.165, 1.54) is 7.11 Å². The molecule has 2 rings (SSSR count). The summed E-state index contributed by atoms with van der Waals surface area (Å²) < 4.78 is 6.25. The second-order valence-electron chi connectivity index (χ2n) is 5.56. The van der Waals surface area contributed by atoms with Crippen LogP contribution in [0.3, 0.4) is 0 Å². The number of carbonyl (C=O) groups excluding carboxylic acids is 3. The fraction of sp³-hybridized carbons (Fsp3) is 0.412. The van der Waals surface area contributed by atoms with E-state index in [9.17, 15) is 14.4 Å². The van der Waals surface area contributed by atoms with E-state index in [0.717, 1.165) is 10.9 Å². The number of rotatable bonds is 9. The Morgan fingerprint density at radius 1 is 1.27 bits per heavy atom. The van der Waals surface area contributed by atoms with Gasteiger partial charge in [-0.1, -0.05) is 18.2 Å². The first-order valence-electron chi connectivity index (χ1n) is 8.08. The zero-order valence-corrected chi connectivity index (χ0v) is 15.5. The summed E-state index contributed by atoms with van der Waals surface area (Å²) in [4.78, 5) is 35.7. The highest BCUT2D eigenvalue weighted by Gasteiger charge is 2.21. The van der Waals surface area contributed by atoms with Crippen molar-refractivity contribution in [3.63, 3.8) is 0 Å². The molecule has 1 atom stereocenters. The summed E-state index contributed by atoms with van der Waals surface area (Å²) in [6.45, 7) is -0.210. The van der Waals surface area contributed by atoms with Crippen molar-refractivity contribution >= 4 is 40.4 Å². The van der Waals surface area contributed by atoms with Crippen molar-refractivity contribution in [3.8, 4) is 0 Å². The van der Waals surface area contributed by atoms with E-state index in [1.54, 1.807) is 22.6 Å². The van der Waals surface area contributed by atoms with Gasteiger partial charge in [-0.05, 0) is 24.5 Å². The van der Waals surface area contributed by atoms with Crippen LogP contribution < -0.4 is 10.6 Å². The number of fused-ring (bicyclic) bond motifs is 1. The molecule has 2 amide bonds. The van der Waals surface area contributed by atoms with E-state index < -0.39 is 17.9 Å². The number of carbonyl (C=O) groups is 3. The molecule has 0 bridgehead atoms. The largest absolute Gasteiger partial charge is 0.467 e. The Morgan fingerprint density at radius 3 is 2.77 bits per heavy atom. The van der Waals surface area contributed by atoms with Crippen LogP contribution in [0.4, 0.5) is 0 Å². The standard InChI is InChI=1S/C17H22N4O4S/c1-25-17(24)13(7-8-26-2)20-15(22)10-18-16(23)11-21-14-6-4-3-5-12(14)9-19-21/h3-6,9,13H,7-8,10-11H2,1-2H3,(H,18,23)(H,20,22). The van der Waals surface area contributed by atoms with Crippen LogP contribution in [0, 0.1) is 0 Å². The number of methoxy groups -OCH3 is 1. The fourth-order valence-electron chi connectivity index (χ4n) is 2.39. The van der Waals surface area contributed by atoms with Crippen molar-refractivity contribution in [2.45, 2.75) is 19.0 Å². The monoisotopic (exact) mass is 378 g/mol. The minimum atomic E-state index is -0.716. The van der Waals surface area contributed by atoms with E-state index >= 15 is 0 Å². The molecule has 0 aliphatic heterocycles. The molecule has 0 saturated heterocycles. The maximum Gasteiger partial charge on any atom is 0.328 e. The molecule has 140 valence electrons. The number of nitrogens with one attached hydrogen (secondary N) is 2. The zero-order chi connectivity index (χ0) is 18.9. The predicted molar refractivity (Wildman–Crippen MR) is 99.7 cm³/mol. The number of ether oxygens (including phenoxy) is 1. The van der Waals surface area contributed by atoms with Gasteiger partial charge in [-0.25, -0.2) is 4.79 Å². The van der Waals surface area contributed by atoms with Gasteiger partial charge in [0.1, 0.15) is 12.6 Å². The molecule has 0 saturated carbocycles. The van der Waals surface area contributed by atoms with E-state index in [-0.39, 0.29) is 19.0 Å². The number of amides is 2. The maximum atomic E-state index is 12.1. The Balaban J connectivity index is 1.84. The Bertz CT molecular complexity index is 777. The number of hydrogen-bond acceptors (Lipinski definition) is 6. The first kappa shape index (κ1) is 19.8. The maximum absolute atomic E-state index is 12.1. The summed E-state index contributed by atoms with van der Waals surface area (Å²) in [6.07, 6.45) is 4.06. The average Bonchev–Trinajstić information content (AvgIpc) is 3.05. The highest BCUT2D eigenvalue weighted by Crippen LogP contribution is 2.12. The Labute approximate surface area is 155 Å². The van der Waals surface area contributed by atoms with E-state index in [2.05, 4.69) is 20.5 Å². The summed E-state index contributed by atoms with van der Waals surface area (Å²) in [5.41, 5.74) is 0.843. The highest BCUT2D eigenvalue weighted by molar-refractivity contribution is 7.98. The van der Waals surface area contributed by atoms with Crippen LogP contribution >= 0.6 is 11.8 Å². The van der Waals surface area contributed by atoms with Crippen LogP contribution in [0.2, 0.25) is 0 Å². The number of hydrogen-bond donors (Lipinski definition) is 2. The Kier molecular flexibility index (Phi) is 7.46. The van der Waals surface area contributed by atoms with Crippen LogP contribution in [-0.2, 0) is 25.7 Å². The van der Waals surface area contributed by atoms with E-state index in [0.29, 0.717) is 12.2 Å². The van der Waals surface area contributed by atoms with Gasteiger partial charge < -0.3 is 15.4 Å².